The topological polar surface area (TPSA) is 84.7 Å². The van der Waals surface area contributed by atoms with Crippen LogP contribution in [0.5, 0.6) is 5.75 Å². The monoisotopic (exact) mass is 487 g/mol. The molecular formula is C28H26FN3O4. The van der Waals surface area contributed by atoms with Crippen molar-refractivity contribution < 1.29 is 23.1 Å². The van der Waals surface area contributed by atoms with E-state index in [2.05, 4.69) is 10.3 Å². The number of anilines is 1. The Kier molecular flexibility index (Phi) is 7.75. The zero-order valence-corrected chi connectivity index (χ0v) is 20.0. The van der Waals surface area contributed by atoms with Crippen LogP contribution in [-0.4, -0.2) is 30.5 Å². The lowest BCUT2D eigenvalue weighted by Crippen LogP contribution is -2.44. The van der Waals surface area contributed by atoms with Crippen LogP contribution in [0.15, 0.2) is 89.8 Å². The summed E-state index contributed by atoms with van der Waals surface area (Å²) >= 11 is 0. The van der Waals surface area contributed by atoms with Crippen LogP contribution in [0.3, 0.4) is 0 Å². The Bertz CT molecular complexity index is 1330. The van der Waals surface area contributed by atoms with Crippen molar-refractivity contribution in [1.29, 1.82) is 0 Å². The van der Waals surface area contributed by atoms with Gasteiger partial charge in [-0.1, -0.05) is 24.3 Å². The molecule has 0 saturated carbocycles. The zero-order chi connectivity index (χ0) is 25.5. The Morgan fingerprint density at radius 1 is 1.11 bits per heavy atom. The van der Waals surface area contributed by atoms with Gasteiger partial charge in [0.15, 0.2) is 5.76 Å². The number of nitrogens with one attached hydrogen (secondary N) is 1. The molecule has 0 aliphatic rings. The molecule has 0 aliphatic carbocycles. The SMILES string of the molecule is COc1cc(C)ccc1N(C(=O)c1ccco1)C(C(=O)NCCc1cccc(F)c1)c1cccnc1. The second-order valence-corrected chi connectivity index (χ2v) is 8.19. The molecule has 36 heavy (non-hydrogen) atoms. The van der Waals surface area contributed by atoms with Gasteiger partial charge in [0.25, 0.3) is 5.91 Å². The number of hydrogen-bond acceptors (Lipinski definition) is 5. The number of halogens is 1. The summed E-state index contributed by atoms with van der Waals surface area (Å²) in [5.74, 6) is -0.789. The second-order valence-electron chi connectivity index (χ2n) is 8.19. The summed E-state index contributed by atoms with van der Waals surface area (Å²) in [5.41, 5.74) is 2.58. The quantitative estimate of drug-likeness (QED) is 0.364. The number of aromatic nitrogens is 1. The van der Waals surface area contributed by atoms with E-state index in [0.717, 1.165) is 11.1 Å². The fraction of sp³-hybridized carbons (Fsp3) is 0.179. The van der Waals surface area contributed by atoms with Crippen LogP contribution in [0, 0.1) is 12.7 Å². The molecule has 4 aromatic rings. The van der Waals surface area contributed by atoms with E-state index in [1.165, 1.54) is 36.5 Å². The Morgan fingerprint density at radius 2 is 1.97 bits per heavy atom. The third kappa shape index (κ3) is 5.60. The minimum Gasteiger partial charge on any atom is -0.495 e. The molecule has 184 valence electrons. The van der Waals surface area contributed by atoms with E-state index < -0.39 is 17.9 Å². The molecule has 2 aromatic carbocycles. The lowest BCUT2D eigenvalue weighted by Gasteiger charge is -2.31. The van der Waals surface area contributed by atoms with Crippen molar-refractivity contribution in [3.63, 3.8) is 0 Å². The summed E-state index contributed by atoms with van der Waals surface area (Å²) in [6.45, 7) is 2.15. The number of rotatable bonds is 9. The van der Waals surface area contributed by atoms with Crippen molar-refractivity contribution >= 4 is 17.5 Å². The van der Waals surface area contributed by atoms with Crippen molar-refractivity contribution in [2.45, 2.75) is 19.4 Å². The molecule has 1 N–H and O–H groups in total. The Balaban J connectivity index is 1.73. The molecule has 8 heteroatoms. The predicted molar refractivity (Wildman–Crippen MR) is 133 cm³/mol. The van der Waals surface area contributed by atoms with Crippen molar-refractivity contribution in [2.75, 3.05) is 18.6 Å². The molecule has 1 unspecified atom stereocenters. The lowest BCUT2D eigenvalue weighted by atomic mass is 10.0. The number of methoxy groups -OCH3 is 1. The molecule has 0 saturated heterocycles. The molecule has 2 heterocycles. The molecule has 4 rings (SSSR count). The van der Waals surface area contributed by atoms with E-state index in [4.69, 9.17) is 9.15 Å². The number of nitrogens with zero attached hydrogens (tertiary/aromatic N) is 2. The van der Waals surface area contributed by atoms with E-state index in [-0.39, 0.29) is 18.1 Å². The van der Waals surface area contributed by atoms with E-state index >= 15 is 0 Å². The van der Waals surface area contributed by atoms with E-state index in [1.54, 1.807) is 54.9 Å². The number of aryl methyl sites for hydroxylation is 1. The van der Waals surface area contributed by atoms with E-state index in [1.807, 2.05) is 13.0 Å². The number of amides is 2. The maximum atomic E-state index is 13.7. The molecule has 0 bridgehead atoms. The van der Waals surface area contributed by atoms with Crippen LogP contribution >= 0.6 is 0 Å². The number of carbonyl (C=O) groups excluding carboxylic acids is 2. The highest BCUT2D eigenvalue weighted by atomic mass is 19.1. The number of hydrogen-bond donors (Lipinski definition) is 1. The minimum absolute atomic E-state index is 0.0686. The normalized spacial score (nSPS) is 11.5. The van der Waals surface area contributed by atoms with Gasteiger partial charge in [0.05, 0.1) is 19.1 Å². The molecular weight excluding hydrogens is 461 g/mol. The van der Waals surface area contributed by atoms with Gasteiger partial charge in [-0.05, 0) is 66.9 Å². The van der Waals surface area contributed by atoms with Gasteiger partial charge in [0.1, 0.15) is 17.6 Å². The van der Waals surface area contributed by atoms with E-state index in [9.17, 15) is 14.0 Å². The van der Waals surface area contributed by atoms with Gasteiger partial charge in [-0.3, -0.25) is 19.5 Å². The van der Waals surface area contributed by atoms with Crippen molar-refractivity contribution in [1.82, 2.24) is 10.3 Å². The van der Waals surface area contributed by atoms with Crippen molar-refractivity contribution in [3.8, 4) is 5.75 Å². The molecule has 0 radical (unpaired) electrons. The third-order valence-corrected chi connectivity index (χ3v) is 5.65. The zero-order valence-electron chi connectivity index (χ0n) is 20.0. The van der Waals surface area contributed by atoms with Crippen LogP contribution in [-0.2, 0) is 11.2 Å². The number of furan rings is 1. The third-order valence-electron chi connectivity index (χ3n) is 5.65. The van der Waals surface area contributed by atoms with Gasteiger partial charge in [-0.25, -0.2) is 4.39 Å². The van der Waals surface area contributed by atoms with E-state index in [0.29, 0.717) is 23.4 Å². The fourth-order valence-electron chi connectivity index (χ4n) is 3.94. The van der Waals surface area contributed by atoms with Crippen LogP contribution < -0.4 is 15.0 Å². The Labute approximate surface area is 208 Å². The highest BCUT2D eigenvalue weighted by Crippen LogP contribution is 2.36. The average molecular weight is 488 g/mol. The van der Waals surface area contributed by atoms with Crippen LogP contribution in [0.1, 0.15) is 33.3 Å². The first-order chi connectivity index (χ1) is 17.5. The van der Waals surface area contributed by atoms with Crippen LogP contribution in [0.2, 0.25) is 0 Å². The first-order valence-corrected chi connectivity index (χ1v) is 11.4. The molecule has 7 nitrogen and oxygen atoms in total. The van der Waals surface area contributed by atoms with Gasteiger partial charge in [0, 0.05) is 24.5 Å². The Hall–Kier alpha value is -4.46. The smallest absolute Gasteiger partial charge is 0.295 e. The van der Waals surface area contributed by atoms with Crippen LogP contribution in [0.25, 0.3) is 0 Å². The highest BCUT2D eigenvalue weighted by molar-refractivity contribution is 6.09. The summed E-state index contributed by atoms with van der Waals surface area (Å²) in [6.07, 6.45) is 4.95. The molecule has 1 atom stereocenters. The average Bonchev–Trinajstić information content (AvgIpc) is 3.43. The first kappa shape index (κ1) is 24.7. The highest BCUT2D eigenvalue weighted by Gasteiger charge is 2.36. The molecule has 0 fully saturated rings. The number of ether oxygens (including phenoxy) is 1. The lowest BCUT2D eigenvalue weighted by molar-refractivity contribution is -0.122. The van der Waals surface area contributed by atoms with Crippen LogP contribution in [0.4, 0.5) is 10.1 Å². The molecule has 2 aromatic heterocycles. The summed E-state index contributed by atoms with van der Waals surface area (Å²) in [6, 6.07) is 17.1. The predicted octanol–water partition coefficient (Wildman–Crippen LogP) is 4.88. The molecule has 2 amide bonds. The summed E-state index contributed by atoms with van der Waals surface area (Å²) < 4.78 is 24.5. The number of carbonyl (C=O) groups is 2. The summed E-state index contributed by atoms with van der Waals surface area (Å²) in [7, 11) is 1.51. The van der Waals surface area contributed by atoms with Gasteiger partial charge in [-0.15, -0.1) is 0 Å². The second kappa shape index (κ2) is 11.3. The molecule has 0 aliphatic heterocycles. The molecule has 0 spiro atoms. The number of benzene rings is 2. The van der Waals surface area contributed by atoms with Gasteiger partial charge < -0.3 is 14.5 Å². The maximum Gasteiger partial charge on any atom is 0.295 e. The summed E-state index contributed by atoms with van der Waals surface area (Å²) in [5, 5.41) is 2.89. The first-order valence-electron chi connectivity index (χ1n) is 11.4. The van der Waals surface area contributed by atoms with Gasteiger partial charge in [-0.2, -0.15) is 0 Å². The van der Waals surface area contributed by atoms with Crippen molar-refractivity contribution in [3.05, 3.63) is 114 Å². The largest absolute Gasteiger partial charge is 0.495 e. The Morgan fingerprint density at radius 3 is 2.67 bits per heavy atom. The standard InChI is InChI=1S/C28H26FN3O4/c1-19-10-11-23(25(16-19)35-2)32(28(34)24-9-5-15-36-24)26(21-7-4-13-30-18-21)27(33)31-14-12-20-6-3-8-22(29)17-20/h3-11,13,15-18,26H,12,14H2,1-2H3,(H,31,33). The fourth-order valence-corrected chi connectivity index (χ4v) is 3.94. The maximum absolute atomic E-state index is 13.7. The van der Waals surface area contributed by atoms with Crippen molar-refractivity contribution in [2.24, 2.45) is 0 Å². The minimum atomic E-state index is -1.08. The number of pyridine rings is 1. The van der Waals surface area contributed by atoms with Gasteiger partial charge >= 0.3 is 0 Å². The van der Waals surface area contributed by atoms with Gasteiger partial charge in [0.2, 0.25) is 5.91 Å². The summed E-state index contributed by atoms with van der Waals surface area (Å²) in [4.78, 5) is 32.9.